The van der Waals surface area contributed by atoms with Crippen molar-refractivity contribution in [2.45, 2.75) is 46.0 Å². The van der Waals surface area contributed by atoms with Crippen LogP contribution in [0.3, 0.4) is 0 Å². The van der Waals surface area contributed by atoms with Gasteiger partial charge in [-0.25, -0.2) is 8.42 Å². The standard InChI is InChI=1S/C17H33NO6SSi/c1-7-10-15(17(20)24-9-3)13-18(14-16(19)23-8-2)25(21,22)11-12-26(4,5)6/h7,15H,1,8-14H2,2-6H3. The van der Waals surface area contributed by atoms with E-state index >= 15 is 0 Å². The third-order valence-electron chi connectivity index (χ3n) is 3.61. The van der Waals surface area contributed by atoms with E-state index in [0.29, 0.717) is 6.04 Å². The Labute approximate surface area is 158 Å². The maximum atomic E-state index is 12.8. The van der Waals surface area contributed by atoms with Crippen molar-refractivity contribution in [2.24, 2.45) is 5.92 Å². The first-order valence-corrected chi connectivity index (χ1v) is 14.2. The van der Waals surface area contributed by atoms with Crippen LogP contribution in [0.15, 0.2) is 12.7 Å². The molecule has 0 rings (SSSR count). The fraction of sp³-hybridized carbons (Fsp3) is 0.765. The summed E-state index contributed by atoms with van der Waals surface area (Å²) >= 11 is 0. The average Bonchev–Trinajstić information content (AvgIpc) is 2.51. The molecule has 0 N–H and O–H groups in total. The van der Waals surface area contributed by atoms with Crippen LogP contribution in [0.2, 0.25) is 25.7 Å². The normalized spacial score (nSPS) is 13.3. The van der Waals surface area contributed by atoms with Crippen molar-refractivity contribution in [3.63, 3.8) is 0 Å². The zero-order valence-electron chi connectivity index (χ0n) is 16.6. The summed E-state index contributed by atoms with van der Waals surface area (Å²) in [5.41, 5.74) is 0. The smallest absolute Gasteiger partial charge is 0.321 e. The summed E-state index contributed by atoms with van der Waals surface area (Å²) in [6.45, 7) is 13.0. The molecule has 0 saturated heterocycles. The Hall–Kier alpha value is -1.19. The van der Waals surface area contributed by atoms with E-state index in [9.17, 15) is 18.0 Å². The fourth-order valence-electron chi connectivity index (χ4n) is 2.14. The molecule has 1 unspecified atom stereocenters. The van der Waals surface area contributed by atoms with Crippen LogP contribution in [0.5, 0.6) is 0 Å². The van der Waals surface area contributed by atoms with Gasteiger partial charge in [-0.15, -0.1) is 6.58 Å². The fourth-order valence-corrected chi connectivity index (χ4v) is 6.59. The summed E-state index contributed by atoms with van der Waals surface area (Å²) in [5.74, 6) is -1.89. The monoisotopic (exact) mass is 407 g/mol. The minimum absolute atomic E-state index is 0.0498. The van der Waals surface area contributed by atoms with Gasteiger partial charge in [0, 0.05) is 14.6 Å². The Morgan fingerprint density at radius 2 is 1.73 bits per heavy atom. The maximum Gasteiger partial charge on any atom is 0.321 e. The lowest BCUT2D eigenvalue weighted by Crippen LogP contribution is -2.43. The van der Waals surface area contributed by atoms with Gasteiger partial charge in [-0.1, -0.05) is 25.7 Å². The molecule has 0 aromatic carbocycles. The first-order valence-electron chi connectivity index (χ1n) is 8.87. The van der Waals surface area contributed by atoms with Gasteiger partial charge in [-0.2, -0.15) is 4.31 Å². The molecule has 7 nitrogen and oxygen atoms in total. The van der Waals surface area contributed by atoms with Crippen LogP contribution < -0.4 is 0 Å². The van der Waals surface area contributed by atoms with E-state index < -0.39 is 42.5 Å². The molecule has 0 aliphatic carbocycles. The Balaban J connectivity index is 5.44. The summed E-state index contributed by atoms with van der Waals surface area (Å²) in [5, 5.41) is 0. The number of carbonyl (C=O) groups is 2. The second kappa shape index (κ2) is 11.5. The van der Waals surface area contributed by atoms with E-state index in [1.165, 1.54) is 0 Å². The lowest BCUT2D eigenvalue weighted by molar-refractivity contribution is -0.149. The Bertz CT molecular complexity index is 570. The summed E-state index contributed by atoms with van der Waals surface area (Å²) < 4.78 is 36.6. The van der Waals surface area contributed by atoms with E-state index in [1.807, 2.05) is 0 Å². The minimum atomic E-state index is -3.71. The van der Waals surface area contributed by atoms with Gasteiger partial charge >= 0.3 is 11.9 Å². The highest BCUT2D eigenvalue weighted by atomic mass is 32.2. The highest BCUT2D eigenvalue weighted by Gasteiger charge is 2.32. The zero-order chi connectivity index (χ0) is 20.4. The van der Waals surface area contributed by atoms with Gasteiger partial charge in [0.15, 0.2) is 0 Å². The number of nitrogens with zero attached hydrogens (tertiary/aromatic N) is 1. The van der Waals surface area contributed by atoms with Gasteiger partial charge < -0.3 is 9.47 Å². The van der Waals surface area contributed by atoms with Crippen molar-refractivity contribution >= 4 is 30.0 Å². The molecule has 0 spiro atoms. The molecule has 0 aliphatic heterocycles. The van der Waals surface area contributed by atoms with Crippen molar-refractivity contribution in [3.8, 4) is 0 Å². The number of hydrogen-bond donors (Lipinski definition) is 0. The number of carbonyl (C=O) groups excluding carboxylic acids is 2. The molecule has 1 atom stereocenters. The summed E-state index contributed by atoms with van der Waals surface area (Å²) in [6, 6.07) is 0.570. The number of rotatable bonds is 13. The van der Waals surface area contributed by atoms with Gasteiger partial charge in [0.2, 0.25) is 10.0 Å². The van der Waals surface area contributed by atoms with E-state index in [-0.39, 0.29) is 31.9 Å². The zero-order valence-corrected chi connectivity index (χ0v) is 18.4. The maximum absolute atomic E-state index is 12.8. The third-order valence-corrected chi connectivity index (χ3v) is 7.51. The molecular weight excluding hydrogens is 374 g/mol. The van der Waals surface area contributed by atoms with Crippen LogP contribution in [-0.2, 0) is 29.1 Å². The van der Waals surface area contributed by atoms with Gasteiger partial charge in [0.05, 0.1) is 24.9 Å². The van der Waals surface area contributed by atoms with E-state index in [1.54, 1.807) is 19.9 Å². The van der Waals surface area contributed by atoms with E-state index in [0.717, 1.165) is 4.31 Å². The lowest BCUT2D eigenvalue weighted by Gasteiger charge is -2.26. The first-order chi connectivity index (χ1) is 12.0. The second-order valence-corrected chi connectivity index (χ2v) is 14.9. The molecule has 9 heteroatoms. The Morgan fingerprint density at radius 1 is 1.15 bits per heavy atom. The summed E-state index contributed by atoms with van der Waals surface area (Å²) in [7, 11) is -5.29. The predicted octanol–water partition coefficient (Wildman–Crippen LogP) is 2.27. The average molecular weight is 408 g/mol. The van der Waals surface area contributed by atoms with Crippen molar-refractivity contribution in [3.05, 3.63) is 12.7 Å². The van der Waals surface area contributed by atoms with Crippen LogP contribution in [0.4, 0.5) is 0 Å². The van der Waals surface area contributed by atoms with Crippen LogP contribution in [0, 0.1) is 5.92 Å². The molecule has 0 aromatic heterocycles. The number of ether oxygens (including phenoxy) is 2. The number of hydrogen-bond acceptors (Lipinski definition) is 6. The SMILES string of the molecule is C=CCC(CN(CC(=O)OCC)S(=O)(=O)CC[Si](C)(C)C)C(=O)OCC. The minimum Gasteiger partial charge on any atom is -0.466 e. The van der Waals surface area contributed by atoms with Crippen molar-refractivity contribution < 1.29 is 27.5 Å². The number of esters is 2. The molecule has 0 radical (unpaired) electrons. The van der Waals surface area contributed by atoms with Gasteiger partial charge in [-0.05, 0) is 26.3 Å². The number of sulfonamides is 1. The van der Waals surface area contributed by atoms with Gasteiger partial charge in [0.1, 0.15) is 6.54 Å². The van der Waals surface area contributed by atoms with Gasteiger partial charge in [-0.3, -0.25) is 9.59 Å². The molecule has 0 aliphatic rings. The quantitative estimate of drug-likeness (QED) is 0.264. The molecule has 0 saturated carbocycles. The lowest BCUT2D eigenvalue weighted by atomic mass is 10.1. The highest BCUT2D eigenvalue weighted by Crippen LogP contribution is 2.17. The molecule has 0 amide bonds. The predicted molar refractivity (Wildman–Crippen MR) is 105 cm³/mol. The summed E-state index contributed by atoms with van der Waals surface area (Å²) in [6.07, 6.45) is 1.81. The third kappa shape index (κ3) is 10.1. The Kier molecular flexibility index (Phi) is 11.0. The molecule has 0 aromatic rings. The summed E-state index contributed by atoms with van der Waals surface area (Å²) in [4.78, 5) is 24.0. The van der Waals surface area contributed by atoms with Crippen LogP contribution >= 0.6 is 0 Å². The molecule has 26 heavy (non-hydrogen) atoms. The van der Waals surface area contributed by atoms with Crippen LogP contribution in [0.1, 0.15) is 20.3 Å². The van der Waals surface area contributed by atoms with Crippen LogP contribution in [0.25, 0.3) is 0 Å². The van der Waals surface area contributed by atoms with Crippen molar-refractivity contribution in [1.82, 2.24) is 4.31 Å². The van der Waals surface area contributed by atoms with E-state index in [4.69, 9.17) is 9.47 Å². The second-order valence-electron chi connectivity index (χ2n) is 7.20. The molecular formula is C17H33NO6SSi. The molecule has 0 fully saturated rings. The number of allylic oxidation sites excluding steroid dienone is 1. The van der Waals surface area contributed by atoms with E-state index in [2.05, 4.69) is 26.2 Å². The van der Waals surface area contributed by atoms with Gasteiger partial charge in [0.25, 0.3) is 0 Å². The topological polar surface area (TPSA) is 90.0 Å². The molecule has 152 valence electrons. The van der Waals surface area contributed by atoms with Crippen molar-refractivity contribution in [1.29, 1.82) is 0 Å². The van der Waals surface area contributed by atoms with Crippen LogP contribution in [-0.4, -0.2) is 64.8 Å². The Morgan fingerprint density at radius 3 is 2.19 bits per heavy atom. The molecule has 0 heterocycles. The molecule has 0 bridgehead atoms. The largest absolute Gasteiger partial charge is 0.466 e. The first kappa shape index (κ1) is 24.8. The highest BCUT2D eigenvalue weighted by molar-refractivity contribution is 7.89. The van der Waals surface area contributed by atoms with Crippen molar-refractivity contribution in [2.75, 3.05) is 32.1 Å².